The van der Waals surface area contributed by atoms with E-state index in [1.807, 2.05) is 73.7 Å². The lowest BCUT2D eigenvalue weighted by atomic mass is 10.1. The van der Waals surface area contributed by atoms with Crippen molar-refractivity contribution in [2.75, 3.05) is 0 Å². The minimum Gasteiger partial charge on any atom is -0.350 e. The highest BCUT2D eigenvalue weighted by atomic mass is 35.5. The highest BCUT2D eigenvalue weighted by molar-refractivity contribution is 6.31. The summed E-state index contributed by atoms with van der Waals surface area (Å²) in [5.41, 5.74) is 3.33. The molecule has 0 fully saturated rings. The molecule has 0 saturated carbocycles. The Kier molecular flexibility index (Phi) is 6.24. The molecule has 5 aromatic rings. The number of amides is 1. The van der Waals surface area contributed by atoms with Crippen molar-refractivity contribution in [3.05, 3.63) is 115 Å². The maximum atomic E-state index is 13.7. The van der Waals surface area contributed by atoms with Crippen LogP contribution in [0.5, 0.6) is 0 Å². The van der Waals surface area contributed by atoms with Gasteiger partial charge in [0.15, 0.2) is 0 Å². The average Bonchev–Trinajstić information content (AvgIpc) is 3.16. The van der Waals surface area contributed by atoms with Crippen LogP contribution in [0.4, 0.5) is 0 Å². The molecule has 0 saturated heterocycles. The minimum atomic E-state index is -0.529. The van der Waals surface area contributed by atoms with Gasteiger partial charge in [0.05, 0.1) is 17.6 Å². The Hall–Kier alpha value is -4.10. The van der Waals surface area contributed by atoms with Gasteiger partial charge in [0.25, 0.3) is 5.56 Å². The molecule has 0 aliphatic rings. The molecule has 1 amide bonds. The number of nitrogens with zero attached hydrogens (tertiary/aromatic N) is 3. The van der Waals surface area contributed by atoms with Crippen LogP contribution in [-0.4, -0.2) is 19.6 Å². The molecule has 182 valence electrons. The predicted molar refractivity (Wildman–Crippen MR) is 143 cm³/mol. The topological polar surface area (TPSA) is 78.0 Å². The van der Waals surface area contributed by atoms with Gasteiger partial charge >= 0.3 is 5.69 Å². The van der Waals surface area contributed by atoms with Crippen molar-refractivity contribution in [2.45, 2.75) is 26.6 Å². The van der Waals surface area contributed by atoms with E-state index >= 15 is 0 Å². The lowest BCUT2D eigenvalue weighted by Crippen LogP contribution is -2.43. The van der Waals surface area contributed by atoms with Crippen LogP contribution >= 0.6 is 11.6 Å². The maximum absolute atomic E-state index is 13.7. The molecule has 2 aromatic heterocycles. The molecule has 2 heterocycles. The van der Waals surface area contributed by atoms with Crippen LogP contribution in [0.1, 0.15) is 16.7 Å². The zero-order valence-corrected chi connectivity index (χ0v) is 20.7. The van der Waals surface area contributed by atoms with Gasteiger partial charge in [-0.2, -0.15) is 0 Å². The maximum Gasteiger partial charge on any atom is 0.332 e. The van der Waals surface area contributed by atoms with Gasteiger partial charge in [0, 0.05) is 24.0 Å². The molecule has 0 unspecified atom stereocenters. The minimum absolute atomic E-state index is 0.107. The van der Waals surface area contributed by atoms with E-state index in [1.54, 1.807) is 17.7 Å². The number of aromatic nitrogens is 3. The largest absolute Gasteiger partial charge is 0.350 e. The van der Waals surface area contributed by atoms with Gasteiger partial charge in [-0.05, 0) is 36.2 Å². The standard InChI is InChI=1S/C28H25ClN4O3/c1-18-12-13-23-21(14-18)25-26(31(23)2)27(35)33(16-19-8-4-3-5-9-19)28(36)32(25)17-24(34)30-15-20-10-6-7-11-22(20)29/h3-14H,15-17H2,1-2H3,(H,30,34). The molecule has 7 nitrogen and oxygen atoms in total. The van der Waals surface area contributed by atoms with Crippen molar-refractivity contribution >= 4 is 39.4 Å². The Bertz CT molecular complexity index is 1730. The van der Waals surface area contributed by atoms with Gasteiger partial charge in [-0.25, -0.2) is 4.79 Å². The highest BCUT2D eigenvalue weighted by Gasteiger charge is 2.22. The second kappa shape index (κ2) is 9.51. The Balaban J connectivity index is 1.65. The number of nitrogens with one attached hydrogen (secondary N) is 1. The summed E-state index contributed by atoms with van der Waals surface area (Å²) in [4.78, 5) is 40.4. The van der Waals surface area contributed by atoms with Crippen LogP contribution in [0.3, 0.4) is 0 Å². The fraction of sp³-hybridized carbons (Fsp3) is 0.179. The van der Waals surface area contributed by atoms with Crippen molar-refractivity contribution < 1.29 is 4.79 Å². The molecule has 0 bridgehead atoms. The van der Waals surface area contributed by atoms with Crippen LogP contribution in [0.15, 0.2) is 82.4 Å². The molecule has 5 rings (SSSR count). The van der Waals surface area contributed by atoms with Crippen LogP contribution in [0.25, 0.3) is 21.9 Å². The summed E-state index contributed by atoms with van der Waals surface area (Å²) in [5, 5.41) is 4.16. The summed E-state index contributed by atoms with van der Waals surface area (Å²) >= 11 is 6.22. The summed E-state index contributed by atoms with van der Waals surface area (Å²) in [6.45, 7) is 2.06. The van der Waals surface area contributed by atoms with Gasteiger partial charge in [-0.1, -0.05) is 71.8 Å². The van der Waals surface area contributed by atoms with Gasteiger partial charge in [0.1, 0.15) is 12.1 Å². The molecule has 1 N–H and O–H groups in total. The number of fused-ring (bicyclic) bond motifs is 3. The summed E-state index contributed by atoms with van der Waals surface area (Å²) in [7, 11) is 1.81. The van der Waals surface area contributed by atoms with E-state index in [2.05, 4.69) is 5.32 Å². The molecule has 0 aliphatic heterocycles. The number of benzene rings is 3. The Morgan fingerprint density at radius 3 is 2.39 bits per heavy atom. The first-order valence-electron chi connectivity index (χ1n) is 11.6. The van der Waals surface area contributed by atoms with Gasteiger partial charge in [-0.15, -0.1) is 0 Å². The molecular weight excluding hydrogens is 476 g/mol. The smallest absolute Gasteiger partial charge is 0.332 e. The number of carbonyl (C=O) groups is 1. The zero-order valence-electron chi connectivity index (χ0n) is 20.0. The van der Waals surface area contributed by atoms with Crippen LogP contribution in [0, 0.1) is 6.92 Å². The van der Waals surface area contributed by atoms with Crippen molar-refractivity contribution in [1.29, 1.82) is 0 Å². The van der Waals surface area contributed by atoms with Crippen LogP contribution in [-0.2, 0) is 31.5 Å². The fourth-order valence-electron chi connectivity index (χ4n) is 4.60. The average molecular weight is 501 g/mol. The molecule has 0 spiro atoms. The first-order valence-corrected chi connectivity index (χ1v) is 12.0. The van der Waals surface area contributed by atoms with Gasteiger partial charge in [-0.3, -0.25) is 18.7 Å². The van der Waals surface area contributed by atoms with E-state index in [0.717, 1.165) is 27.6 Å². The number of carbonyl (C=O) groups excluding carboxylic acids is 1. The quantitative estimate of drug-likeness (QED) is 0.383. The molecular formula is C28H25ClN4O3. The molecule has 36 heavy (non-hydrogen) atoms. The molecule has 8 heteroatoms. The third kappa shape index (κ3) is 4.22. The van der Waals surface area contributed by atoms with Crippen molar-refractivity contribution in [3.63, 3.8) is 0 Å². The van der Waals surface area contributed by atoms with E-state index in [-0.39, 0.29) is 31.1 Å². The van der Waals surface area contributed by atoms with E-state index in [0.29, 0.717) is 16.1 Å². The number of hydrogen-bond acceptors (Lipinski definition) is 3. The van der Waals surface area contributed by atoms with E-state index in [9.17, 15) is 14.4 Å². The number of aryl methyl sites for hydroxylation is 2. The van der Waals surface area contributed by atoms with Crippen molar-refractivity contribution in [2.24, 2.45) is 7.05 Å². The second-order valence-corrected chi connectivity index (χ2v) is 9.30. The normalized spacial score (nSPS) is 11.3. The Morgan fingerprint density at radius 1 is 0.917 bits per heavy atom. The Labute approximate surface area is 212 Å². The summed E-state index contributed by atoms with van der Waals surface area (Å²) < 4.78 is 4.40. The lowest BCUT2D eigenvalue weighted by Gasteiger charge is -2.14. The number of rotatable bonds is 6. The first-order chi connectivity index (χ1) is 17.3. The summed E-state index contributed by atoms with van der Waals surface area (Å²) in [6, 6.07) is 22.4. The summed E-state index contributed by atoms with van der Waals surface area (Å²) in [6.07, 6.45) is 0. The molecule has 0 radical (unpaired) electrons. The predicted octanol–water partition coefficient (Wildman–Crippen LogP) is 3.98. The van der Waals surface area contributed by atoms with E-state index in [1.165, 1.54) is 9.13 Å². The SMILES string of the molecule is Cc1ccc2c(c1)c1c(c(=O)n(Cc3ccccc3)c(=O)n1CC(=O)NCc1ccccc1Cl)n2C. The fourth-order valence-corrected chi connectivity index (χ4v) is 4.80. The highest BCUT2D eigenvalue weighted by Crippen LogP contribution is 2.26. The second-order valence-electron chi connectivity index (χ2n) is 8.89. The molecule has 0 aliphatic carbocycles. The van der Waals surface area contributed by atoms with Crippen LogP contribution < -0.4 is 16.6 Å². The monoisotopic (exact) mass is 500 g/mol. The van der Waals surface area contributed by atoms with E-state index in [4.69, 9.17) is 11.6 Å². The molecule has 3 aromatic carbocycles. The van der Waals surface area contributed by atoms with Gasteiger partial charge in [0.2, 0.25) is 5.91 Å². The third-order valence-corrected chi connectivity index (χ3v) is 6.80. The van der Waals surface area contributed by atoms with Crippen molar-refractivity contribution in [1.82, 2.24) is 19.0 Å². The first kappa shape index (κ1) is 23.6. The third-order valence-electron chi connectivity index (χ3n) is 6.43. The Morgan fingerprint density at radius 2 is 1.64 bits per heavy atom. The number of hydrogen-bond donors (Lipinski definition) is 1. The number of halogens is 1. The van der Waals surface area contributed by atoms with Crippen molar-refractivity contribution in [3.8, 4) is 0 Å². The van der Waals surface area contributed by atoms with Crippen LogP contribution in [0.2, 0.25) is 5.02 Å². The zero-order chi connectivity index (χ0) is 25.4. The summed E-state index contributed by atoms with van der Waals surface area (Å²) in [5.74, 6) is -0.354. The lowest BCUT2D eigenvalue weighted by molar-refractivity contribution is -0.121. The van der Waals surface area contributed by atoms with Gasteiger partial charge < -0.3 is 9.88 Å². The van der Waals surface area contributed by atoms with E-state index < -0.39 is 5.69 Å². The molecule has 0 atom stereocenters.